The fraction of sp³-hybridized carbons (Fsp3) is 0.556. The number of nitrogens with one attached hydrogen (secondary N) is 1. The first-order valence-electron chi connectivity index (χ1n) is 4.58. The first-order chi connectivity index (χ1) is 7.24. The minimum absolute atomic E-state index is 0. The molecule has 0 fully saturated rings. The van der Waals surface area contributed by atoms with Crippen molar-refractivity contribution in [1.29, 1.82) is 0 Å². The van der Waals surface area contributed by atoms with Gasteiger partial charge in [-0.1, -0.05) is 0 Å². The molecule has 6 nitrogen and oxygen atoms in total. The summed E-state index contributed by atoms with van der Waals surface area (Å²) in [7, 11) is 1.61. The summed E-state index contributed by atoms with van der Waals surface area (Å²) in [6, 6.07) is 0. The Morgan fingerprint density at radius 2 is 2.25 bits per heavy atom. The molecule has 0 aromatic carbocycles. The molecule has 92 valence electrons. The van der Waals surface area contributed by atoms with Gasteiger partial charge in [0.1, 0.15) is 11.5 Å². The van der Waals surface area contributed by atoms with Crippen LogP contribution >= 0.6 is 12.4 Å². The van der Waals surface area contributed by atoms with Crippen LogP contribution in [0.4, 0.5) is 0 Å². The number of carboxylic acids is 1. The van der Waals surface area contributed by atoms with Gasteiger partial charge in [0.15, 0.2) is 0 Å². The maximum Gasteiger partial charge on any atom is 0.353 e. The zero-order valence-corrected chi connectivity index (χ0v) is 9.75. The van der Waals surface area contributed by atoms with Crippen LogP contribution in [0.3, 0.4) is 0 Å². The van der Waals surface area contributed by atoms with E-state index in [9.17, 15) is 4.79 Å². The minimum atomic E-state index is -1.01. The number of aromatic nitrogens is 2. The lowest BCUT2D eigenvalue weighted by atomic mass is 10.4. The van der Waals surface area contributed by atoms with Crippen molar-refractivity contribution in [2.75, 3.05) is 26.9 Å². The van der Waals surface area contributed by atoms with Crippen molar-refractivity contribution < 1.29 is 19.4 Å². The van der Waals surface area contributed by atoms with Crippen LogP contribution in [-0.2, 0) is 15.9 Å². The number of rotatable bonds is 7. The summed E-state index contributed by atoms with van der Waals surface area (Å²) in [4.78, 5) is 17.1. The van der Waals surface area contributed by atoms with E-state index in [1.54, 1.807) is 7.11 Å². The number of hydrogen-bond donors (Lipinski definition) is 2. The van der Waals surface area contributed by atoms with E-state index in [4.69, 9.17) is 14.6 Å². The molecule has 0 saturated heterocycles. The molecule has 1 aromatic rings. The van der Waals surface area contributed by atoms with Crippen LogP contribution < -0.4 is 0 Å². The number of hydrogen-bond acceptors (Lipinski definition) is 4. The largest absolute Gasteiger partial charge is 0.477 e. The maximum absolute atomic E-state index is 10.5. The number of H-pyrrole nitrogens is 1. The van der Waals surface area contributed by atoms with Gasteiger partial charge in [-0.25, -0.2) is 9.78 Å². The van der Waals surface area contributed by atoms with Crippen molar-refractivity contribution in [2.24, 2.45) is 0 Å². The van der Waals surface area contributed by atoms with Gasteiger partial charge in [-0.05, 0) is 0 Å². The van der Waals surface area contributed by atoms with Crippen molar-refractivity contribution in [3.63, 3.8) is 0 Å². The highest BCUT2D eigenvalue weighted by Gasteiger charge is 2.06. The fourth-order valence-electron chi connectivity index (χ4n) is 1.01. The molecule has 0 radical (unpaired) electrons. The van der Waals surface area contributed by atoms with Crippen molar-refractivity contribution in [3.05, 3.63) is 17.7 Å². The minimum Gasteiger partial charge on any atom is -0.477 e. The number of halogens is 1. The molecule has 0 saturated carbocycles. The number of aromatic amines is 1. The Hall–Kier alpha value is -1.11. The summed E-state index contributed by atoms with van der Waals surface area (Å²) in [5, 5.41) is 8.62. The van der Waals surface area contributed by atoms with Crippen molar-refractivity contribution >= 4 is 18.4 Å². The number of imidazole rings is 1. The highest BCUT2D eigenvalue weighted by molar-refractivity contribution is 5.85. The lowest BCUT2D eigenvalue weighted by molar-refractivity contribution is 0.0688. The lowest BCUT2D eigenvalue weighted by Crippen LogP contribution is -2.06. The molecule has 0 spiro atoms. The van der Waals surface area contributed by atoms with E-state index in [1.807, 2.05) is 0 Å². The summed E-state index contributed by atoms with van der Waals surface area (Å²) in [5.74, 6) is -0.390. The molecule has 7 heteroatoms. The van der Waals surface area contributed by atoms with Gasteiger partial charge in [-0.2, -0.15) is 0 Å². The smallest absolute Gasteiger partial charge is 0.353 e. The van der Waals surface area contributed by atoms with E-state index < -0.39 is 5.97 Å². The highest BCUT2D eigenvalue weighted by Crippen LogP contribution is 1.98. The molecule has 0 aliphatic heterocycles. The Bertz CT molecular complexity index is 316. The van der Waals surface area contributed by atoms with Crippen LogP contribution in [0.15, 0.2) is 6.20 Å². The van der Waals surface area contributed by atoms with Gasteiger partial charge in [0.25, 0.3) is 0 Å². The molecule has 0 aliphatic carbocycles. The van der Waals surface area contributed by atoms with Gasteiger partial charge in [-0.15, -0.1) is 12.4 Å². The molecule has 16 heavy (non-hydrogen) atoms. The van der Waals surface area contributed by atoms with Crippen LogP contribution in [0.2, 0.25) is 0 Å². The SMILES string of the molecule is COCCOCCc1ncc(C(=O)O)[nH]1.Cl. The molecule has 2 N–H and O–H groups in total. The van der Waals surface area contributed by atoms with E-state index in [0.29, 0.717) is 32.1 Å². The molecule has 0 bridgehead atoms. The Kier molecular flexibility index (Phi) is 7.53. The van der Waals surface area contributed by atoms with Crippen LogP contribution in [0.5, 0.6) is 0 Å². The first kappa shape index (κ1) is 14.9. The number of carboxylic acid groups (broad SMARTS) is 1. The lowest BCUT2D eigenvalue weighted by Gasteiger charge is -2.01. The summed E-state index contributed by atoms with van der Waals surface area (Å²) in [5.41, 5.74) is 0.0990. The fourth-order valence-corrected chi connectivity index (χ4v) is 1.01. The monoisotopic (exact) mass is 250 g/mol. The number of ether oxygens (including phenoxy) is 2. The van der Waals surface area contributed by atoms with Gasteiger partial charge in [0.2, 0.25) is 0 Å². The van der Waals surface area contributed by atoms with Crippen LogP contribution in [0.25, 0.3) is 0 Å². The predicted molar refractivity (Wildman–Crippen MR) is 59.2 cm³/mol. The second-order valence-electron chi connectivity index (χ2n) is 2.90. The van der Waals surface area contributed by atoms with Gasteiger partial charge in [-0.3, -0.25) is 0 Å². The number of nitrogens with zero attached hydrogens (tertiary/aromatic N) is 1. The first-order valence-corrected chi connectivity index (χ1v) is 4.58. The number of aromatic carboxylic acids is 1. The van der Waals surface area contributed by atoms with Crippen LogP contribution in [0, 0.1) is 0 Å². The summed E-state index contributed by atoms with van der Waals surface area (Å²) in [6.07, 6.45) is 1.86. The van der Waals surface area contributed by atoms with Crippen molar-refractivity contribution in [1.82, 2.24) is 9.97 Å². The third-order valence-corrected chi connectivity index (χ3v) is 1.77. The summed E-state index contributed by atoms with van der Waals surface area (Å²) >= 11 is 0. The molecule has 1 heterocycles. The maximum atomic E-state index is 10.5. The normalized spacial score (nSPS) is 9.81. The quantitative estimate of drug-likeness (QED) is 0.697. The van der Waals surface area contributed by atoms with Crippen LogP contribution in [0.1, 0.15) is 16.3 Å². The zero-order valence-electron chi connectivity index (χ0n) is 8.93. The second-order valence-corrected chi connectivity index (χ2v) is 2.90. The average Bonchev–Trinajstić information content (AvgIpc) is 2.66. The van der Waals surface area contributed by atoms with Crippen LogP contribution in [-0.4, -0.2) is 48.0 Å². The topological polar surface area (TPSA) is 84.4 Å². The Balaban J connectivity index is 0.00000225. The third-order valence-electron chi connectivity index (χ3n) is 1.77. The third kappa shape index (κ3) is 5.11. The Morgan fingerprint density at radius 3 is 2.81 bits per heavy atom. The van der Waals surface area contributed by atoms with E-state index in [2.05, 4.69) is 9.97 Å². The van der Waals surface area contributed by atoms with E-state index >= 15 is 0 Å². The van der Waals surface area contributed by atoms with E-state index in [0.717, 1.165) is 0 Å². The second kappa shape index (κ2) is 8.09. The zero-order chi connectivity index (χ0) is 11.1. The van der Waals surface area contributed by atoms with Crippen molar-refractivity contribution in [2.45, 2.75) is 6.42 Å². The summed E-state index contributed by atoms with van der Waals surface area (Å²) in [6.45, 7) is 1.58. The van der Waals surface area contributed by atoms with Gasteiger partial charge >= 0.3 is 5.97 Å². The van der Waals surface area contributed by atoms with Crippen molar-refractivity contribution in [3.8, 4) is 0 Å². The average molecular weight is 251 g/mol. The standard InChI is InChI=1S/C9H14N2O4.ClH/c1-14-4-5-15-3-2-8-10-6-7(11-8)9(12)13;/h6H,2-5H2,1H3,(H,10,11)(H,12,13);1H. The Morgan fingerprint density at radius 1 is 1.50 bits per heavy atom. The number of methoxy groups -OCH3 is 1. The molecular formula is C9H15ClN2O4. The molecule has 1 rings (SSSR count). The van der Waals surface area contributed by atoms with E-state index in [1.165, 1.54) is 6.20 Å². The van der Waals surface area contributed by atoms with Gasteiger partial charge in [0, 0.05) is 13.5 Å². The van der Waals surface area contributed by atoms with Gasteiger partial charge < -0.3 is 19.6 Å². The summed E-state index contributed by atoms with van der Waals surface area (Å²) < 4.78 is 10.0. The molecular weight excluding hydrogens is 236 g/mol. The van der Waals surface area contributed by atoms with Gasteiger partial charge in [0.05, 0.1) is 26.0 Å². The molecule has 0 amide bonds. The van der Waals surface area contributed by atoms with E-state index in [-0.39, 0.29) is 18.1 Å². The highest BCUT2D eigenvalue weighted by atomic mass is 35.5. The Labute approximate surface area is 99.4 Å². The molecule has 1 aromatic heterocycles. The molecule has 0 atom stereocenters. The number of carbonyl (C=O) groups is 1. The predicted octanol–water partition coefficient (Wildman–Crippen LogP) is 0.735. The molecule has 0 aliphatic rings. The molecule has 0 unspecified atom stereocenters.